The molecule has 1 aromatic heterocycles. The molecule has 0 saturated carbocycles. The van der Waals surface area contributed by atoms with Crippen LogP contribution in [0.3, 0.4) is 0 Å². The Morgan fingerprint density at radius 1 is 0.792 bits per heavy atom. The van der Waals surface area contributed by atoms with Crippen LogP contribution in [0, 0.1) is 6.92 Å². The fourth-order valence-corrected chi connectivity index (χ4v) is 2.63. The first kappa shape index (κ1) is 14.3. The summed E-state index contributed by atoms with van der Waals surface area (Å²) in [6, 6.07) is 28.3. The summed E-state index contributed by atoms with van der Waals surface area (Å²) in [4.78, 5) is 3.67. The number of aromatic nitrogens is 4. The van der Waals surface area contributed by atoms with Gasteiger partial charge >= 0.3 is 5.82 Å². The predicted molar refractivity (Wildman–Crippen MR) is 93.1 cm³/mol. The fraction of sp³-hybridized carbons (Fsp3) is 0.0500. The molecule has 0 amide bonds. The minimum absolute atomic E-state index is 0.695. The molecule has 1 heterocycles. The molecule has 4 heteroatoms. The first-order valence-electron chi connectivity index (χ1n) is 7.89. The maximum Gasteiger partial charge on any atom is 0.340 e. The van der Waals surface area contributed by atoms with Gasteiger partial charge in [-0.1, -0.05) is 48.5 Å². The van der Waals surface area contributed by atoms with E-state index in [4.69, 9.17) is 10.2 Å². The molecule has 0 saturated heterocycles. The van der Waals surface area contributed by atoms with Gasteiger partial charge < -0.3 is 0 Å². The van der Waals surface area contributed by atoms with E-state index in [1.807, 2.05) is 82.4 Å². The third-order valence-corrected chi connectivity index (χ3v) is 3.81. The van der Waals surface area contributed by atoms with E-state index in [9.17, 15) is 0 Å². The van der Waals surface area contributed by atoms with Gasteiger partial charge in [0.1, 0.15) is 5.69 Å². The molecule has 0 aliphatic carbocycles. The number of hydrogen-bond donors (Lipinski definition) is 0. The molecule has 0 radical (unpaired) electrons. The van der Waals surface area contributed by atoms with Crippen LogP contribution in [-0.4, -0.2) is 15.0 Å². The number of benzene rings is 3. The number of nitrogens with zero attached hydrogens (tertiary/aromatic N) is 4. The summed E-state index contributed by atoms with van der Waals surface area (Å²) in [6.45, 7) is 2.07. The Morgan fingerprint density at radius 3 is 2.21 bits per heavy atom. The van der Waals surface area contributed by atoms with Crippen molar-refractivity contribution in [2.75, 3.05) is 0 Å². The summed E-state index contributed by atoms with van der Waals surface area (Å²) in [5.41, 5.74) is 4.12. The summed E-state index contributed by atoms with van der Waals surface area (Å²) in [7, 11) is 0. The Morgan fingerprint density at radius 2 is 1.50 bits per heavy atom. The number of aryl methyl sites for hydroxylation is 1. The second-order valence-electron chi connectivity index (χ2n) is 5.64. The molecule has 0 N–H and O–H groups in total. The van der Waals surface area contributed by atoms with Crippen molar-refractivity contribution >= 4 is 0 Å². The number of hydrogen-bond acceptors (Lipinski definition) is 2. The van der Waals surface area contributed by atoms with Crippen molar-refractivity contribution in [2.45, 2.75) is 6.92 Å². The van der Waals surface area contributed by atoms with Crippen molar-refractivity contribution in [1.82, 2.24) is 15.0 Å². The highest BCUT2D eigenvalue weighted by atomic mass is 15.7. The number of para-hydroxylation sites is 1. The minimum atomic E-state index is 0.695. The van der Waals surface area contributed by atoms with E-state index >= 15 is 0 Å². The largest absolute Gasteiger partial charge is 0.340 e. The Balaban J connectivity index is 1.92. The van der Waals surface area contributed by atoms with E-state index < -0.39 is 0 Å². The highest BCUT2D eigenvalue weighted by Gasteiger charge is 2.22. The summed E-state index contributed by atoms with van der Waals surface area (Å²) < 4.78 is 0. The van der Waals surface area contributed by atoms with Crippen LogP contribution >= 0.6 is 0 Å². The Bertz CT molecular complexity index is 959. The van der Waals surface area contributed by atoms with E-state index in [0.717, 1.165) is 16.9 Å². The molecule has 0 aliphatic rings. The molecule has 0 unspecified atom stereocenters. The van der Waals surface area contributed by atoms with Crippen molar-refractivity contribution in [3.05, 3.63) is 90.5 Å². The lowest BCUT2D eigenvalue weighted by Crippen LogP contribution is -2.43. The van der Waals surface area contributed by atoms with Gasteiger partial charge in [0.05, 0.1) is 10.7 Å². The molecule has 4 nitrogen and oxygen atoms in total. The number of rotatable bonds is 3. The quantitative estimate of drug-likeness (QED) is 0.542. The first-order valence-corrected chi connectivity index (χ1v) is 7.89. The predicted octanol–water partition coefficient (Wildman–Crippen LogP) is 3.52. The molecule has 3 aromatic carbocycles. The van der Waals surface area contributed by atoms with Crippen molar-refractivity contribution in [1.29, 1.82) is 0 Å². The SMILES string of the molecule is Cc1cccc(-n2nc(-c3ccccc3)n[n+]2-c2ccccc2)c1. The van der Waals surface area contributed by atoms with Crippen molar-refractivity contribution < 1.29 is 4.80 Å². The van der Waals surface area contributed by atoms with Crippen LogP contribution in [0.4, 0.5) is 0 Å². The highest BCUT2D eigenvalue weighted by Crippen LogP contribution is 2.15. The standard InChI is InChI=1S/C20H17N4/c1-16-9-8-14-19(15-16)24-22-20(17-10-4-2-5-11-17)21-23(24)18-12-6-3-7-13-18/h2-15H,1H3/q+1. The van der Waals surface area contributed by atoms with E-state index in [1.54, 1.807) is 0 Å². The molecule has 0 atom stereocenters. The molecular weight excluding hydrogens is 296 g/mol. The highest BCUT2D eigenvalue weighted by molar-refractivity contribution is 5.53. The van der Waals surface area contributed by atoms with Gasteiger partial charge in [0.25, 0.3) is 0 Å². The van der Waals surface area contributed by atoms with Crippen LogP contribution in [-0.2, 0) is 0 Å². The van der Waals surface area contributed by atoms with Crippen LogP contribution < -0.4 is 4.80 Å². The minimum Gasteiger partial charge on any atom is -0.0622 e. The first-order chi connectivity index (χ1) is 11.8. The van der Waals surface area contributed by atoms with E-state index in [0.29, 0.717) is 5.82 Å². The normalized spacial score (nSPS) is 10.7. The topological polar surface area (TPSA) is 34.6 Å². The third-order valence-electron chi connectivity index (χ3n) is 3.81. The second-order valence-corrected chi connectivity index (χ2v) is 5.64. The lowest BCUT2D eigenvalue weighted by Gasteiger charge is -2.00. The fourth-order valence-electron chi connectivity index (χ4n) is 2.63. The van der Waals surface area contributed by atoms with Crippen molar-refractivity contribution in [3.63, 3.8) is 0 Å². The number of tetrazole rings is 1. The van der Waals surface area contributed by atoms with Gasteiger partial charge in [0, 0.05) is 4.80 Å². The molecule has 0 fully saturated rings. The molecular formula is C20H17N4+. The van der Waals surface area contributed by atoms with E-state index in [-0.39, 0.29) is 0 Å². The van der Waals surface area contributed by atoms with Gasteiger partial charge in [0.2, 0.25) is 0 Å². The van der Waals surface area contributed by atoms with Crippen LogP contribution in [0.1, 0.15) is 5.56 Å². The average molecular weight is 313 g/mol. The van der Waals surface area contributed by atoms with Crippen LogP contribution in [0.25, 0.3) is 22.8 Å². The molecule has 24 heavy (non-hydrogen) atoms. The lowest BCUT2D eigenvalue weighted by molar-refractivity contribution is -0.734. The average Bonchev–Trinajstić information content (AvgIpc) is 3.09. The van der Waals surface area contributed by atoms with Crippen LogP contribution in [0.5, 0.6) is 0 Å². The molecule has 0 aliphatic heterocycles. The third kappa shape index (κ3) is 2.70. The summed E-state index contributed by atoms with van der Waals surface area (Å²) in [5, 5.41) is 9.46. The van der Waals surface area contributed by atoms with Gasteiger partial charge in [-0.15, -0.1) is 0 Å². The molecule has 4 aromatic rings. The van der Waals surface area contributed by atoms with E-state index in [1.165, 1.54) is 5.56 Å². The van der Waals surface area contributed by atoms with Gasteiger partial charge in [0.15, 0.2) is 5.69 Å². The van der Waals surface area contributed by atoms with Gasteiger partial charge in [-0.25, -0.2) is 0 Å². The zero-order valence-electron chi connectivity index (χ0n) is 13.4. The monoisotopic (exact) mass is 313 g/mol. The Hall–Kier alpha value is -3.27. The maximum atomic E-state index is 4.74. The summed E-state index contributed by atoms with van der Waals surface area (Å²) in [6.07, 6.45) is 0. The smallest absolute Gasteiger partial charge is 0.0622 e. The van der Waals surface area contributed by atoms with Crippen molar-refractivity contribution in [2.24, 2.45) is 0 Å². The zero-order chi connectivity index (χ0) is 16.4. The summed E-state index contributed by atoms with van der Waals surface area (Å²) >= 11 is 0. The van der Waals surface area contributed by atoms with Crippen molar-refractivity contribution in [3.8, 4) is 22.8 Å². The maximum absolute atomic E-state index is 4.74. The second kappa shape index (κ2) is 6.08. The molecule has 0 bridgehead atoms. The van der Waals surface area contributed by atoms with Gasteiger partial charge in [-0.2, -0.15) is 0 Å². The Labute approximate surface area is 140 Å². The molecule has 4 rings (SSSR count). The molecule has 0 spiro atoms. The zero-order valence-corrected chi connectivity index (χ0v) is 13.4. The van der Waals surface area contributed by atoms with Crippen LogP contribution in [0.15, 0.2) is 84.9 Å². The molecule has 116 valence electrons. The van der Waals surface area contributed by atoms with E-state index in [2.05, 4.69) is 19.1 Å². The van der Waals surface area contributed by atoms with Gasteiger partial charge in [-0.3, -0.25) is 0 Å². The lowest BCUT2D eigenvalue weighted by atomic mass is 10.2. The van der Waals surface area contributed by atoms with Crippen LogP contribution in [0.2, 0.25) is 0 Å². The van der Waals surface area contributed by atoms with Gasteiger partial charge in [-0.05, 0) is 58.8 Å². The summed E-state index contributed by atoms with van der Waals surface area (Å²) in [5.74, 6) is 0.695. The Kier molecular flexibility index (Phi) is 3.63.